The third kappa shape index (κ3) is 5.89. The van der Waals surface area contributed by atoms with Crippen molar-refractivity contribution in [1.29, 1.82) is 0 Å². The molecular weight excluding hydrogens is 376 g/mol. The average Bonchev–Trinajstić information content (AvgIpc) is 3.11. The minimum Gasteiger partial charge on any atom is -0.493 e. The molecule has 0 saturated carbocycles. The summed E-state index contributed by atoms with van der Waals surface area (Å²) in [6.45, 7) is 7.87. The number of benzene rings is 2. The lowest BCUT2D eigenvalue weighted by molar-refractivity contribution is 0.255. The number of nitrogens with one attached hydrogen (secondary N) is 2. The monoisotopic (exact) mass is 410 g/mol. The van der Waals surface area contributed by atoms with Gasteiger partial charge in [0.15, 0.2) is 17.5 Å². The van der Waals surface area contributed by atoms with E-state index in [9.17, 15) is 0 Å². The molecule has 0 bridgehead atoms. The van der Waals surface area contributed by atoms with Crippen LogP contribution in [0, 0.1) is 5.92 Å². The van der Waals surface area contributed by atoms with Crippen molar-refractivity contribution in [2.45, 2.75) is 32.9 Å². The van der Waals surface area contributed by atoms with Crippen molar-refractivity contribution in [3.05, 3.63) is 54.1 Å². The van der Waals surface area contributed by atoms with Gasteiger partial charge in [-0.15, -0.1) is 0 Å². The highest BCUT2D eigenvalue weighted by molar-refractivity contribution is 5.93. The van der Waals surface area contributed by atoms with E-state index in [4.69, 9.17) is 9.47 Å². The van der Waals surface area contributed by atoms with Gasteiger partial charge in [0.25, 0.3) is 0 Å². The summed E-state index contributed by atoms with van der Waals surface area (Å²) in [5.74, 6) is 2.80. The predicted molar refractivity (Wildman–Crippen MR) is 124 cm³/mol. The third-order valence-corrected chi connectivity index (χ3v) is 5.53. The van der Waals surface area contributed by atoms with E-state index in [1.54, 1.807) is 14.2 Å². The lowest BCUT2D eigenvalue weighted by Gasteiger charge is -2.21. The highest BCUT2D eigenvalue weighted by Crippen LogP contribution is 2.30. The van der Waals surface area contributed by atoms with Crippen molar-refractivity contribution < 1.29 is 9.47 Å². The van der Waals surface area contributed by atoms with Gasteiger partial charge >= 0.3 is 0 Å². The maximum atomic E-state index is 5.67. The number of methoxy groups -OCH3 is 1. The molecule has 1 saturated heterocycles. The van der Waals surface area contributed by atoms with Crippen LogP contribution in [0.25, 0.3) is 0 Å². The average molecular weight is 411 g/mol. The number of hydrogen-bond acceptors (Lipinski definition) is 4. The van der Waals surface area contributed by atoms with Gasteiger partial charge in [0.05, 0.1) is 13.7 Å². The molecule has 2 N–H and O–H groups in total. The van der Waals surface area contributed by atoms with Gasteiger partial charge in [-0.3, -0.25) is 9.89 Å². The van der Waals surface area contributed by atoms with Gasteiger partial charge in [-0.05, 0) is 43.9 Å². The van der Waals surface area contributed by atoms with Gasteiger partial charge in [0.2, 0.25) is 0 Å². The summed E-state index contributed by atoms with van der Waals surface area (Å²) in [6.07, 6.45) is 1.19. The smallest absolute Gasteiger partial charge is 0.195 e. The SMILES string of the molecule is CCOc1cc(NC(=NC)NCC2CC(C)N(Cc3ccccc3)C2)ccc1OC. The highest BCUT2D eigenvalue weighted by Gasteiger charge is 2.28. The van der Waals surface area contributed by atoms with E-state index in [2.05, 4.69) is 57.8 Å². The minimum absolute atomic E-state index is 0.585. The topological polar surface area (TPSA) is 58.1 Å². The van der Waals surface area contributed by atoms with Crippen molar-refractivity contribution in [2.75, 3.05) is 39.2 Å². The Morgan fingerprint density at radius 2 is 1.97 bits per heavy atom. The fourth-order valence-electron chi connectivity index (χ4n) is 3.98. The van der Waals surface area contributed by atoms with Gasteiger partial charge in [0.1, 0.15) is 0 Å². The van der Waals surface area contributed by atoms with E-state index < -0.39 is 0 Å². The Morgan fingerprint density at radius 1 is 1.17 bits per heavy atom. The molecule has 0 aromatic heterocycles. The van der Waals surface area contributed by atoms with Crippen LogP contribution in [0.1, 0.15) is 25.8 Å². The van der Waals surface area contributed by atoms with Gasteiger partial charge in [-0.25, -0.2) is 0 Å². The van der Waals surface area contributed by atoms with Crippen LogP contribution in [0.15, 0.2) is 53.5 Å². The fourth-order valence-corrected chi connectivity index (χ4v) is 3.98. The van der Waals surface area contributed by atoms with Gasteiger partial charge in [-0.2, -0.15) is 0 Å². The van der Waals surface area contributed by atoms with Crippen molar-refractivity contribution in [1.82, 2.24) is 10.2 Å². The first-order valence-corrected chi connectivity index (χ1v) is 10.7. The number of guanidine groups is 1. The maximum absolute atomic E-state index is 5.67. The zero-order chi connectivity index (χ0) is 21.3. The number of hydrogen-bond donors (Lipinski definition) is 2. The summed E-state index contributed by atoms with van der Waals surface area (Å²) >= 11 is 0. The van der Waals surface area contributed by atoms with Crippen molar-refractivity contribution in [2.24, 2.45) is 10.9 Å². The zero-order valence-electron chi connectivity index (χ0n) is 18.5. The Hall–Kier alpha value is -2.73. The molecule has 1 aliphatic heterocycles. The molecule has 2 unspecified atom stereocenters. The Bertz CT molecular complexity index is 825. The van der Waals surface area contributed by atoms with E-state index in [0.29, 0.717) is 18.6 Å². The molecule has 2 aromatic carbocycles. The first-order valence-electron chi connectivity index (χ1n) is 10.7. The number of nitrogens with zero attached hydrogens (tertiary/aromatic N) is 2. The molecule has 162 valence electrons. The van der Waals surface area contributed by atoms with Crippen molar-refractivity contribution in [3.8, 4) is 11.5 Å². The van der Waals surface area contributed by atoms with Crippen molar-refractivity contribution >= 4 is 11.6 Å². The minimum atomic E-state index is 0.585. The molecule has 1 heterocycles. The van der Waals surface area contributed by atoms with Crippen molar-refractivity contribution in [3.63, 3.8) is 0 Å². The summed E-state index contributed by atoms with van der Waals surface area (Å²) in [5.41, 5.74) is 2.29. The highest BCUT2D eigenvalue weighted by atomic mass is 16.5. The normalized spacial score (nSPS) is 19.5. The molecule has 0 spiro atoms. The first-order chi connectivity index (χ1) is 14.6. The standard InChI is InChI=1S/C24H34N4O2/c1-5-30-23-14-21(11-12-22(23)29-4)27-24(25-3)26-15-20-13-18(2)28(17-20)16-19-9-7-6-8-10-19/h6-12,14,18,20H,5,13,15-17H2,1-4H3,(H2,25,26,27). The van der Waals surface area contributed by atoms with Gasteiger partial charge in [-0.1, -0.05) is 30.3 Å². The quantitative estimate of drug-likeness (QED) is 0.509. The van der Waals surface area contributed by atoms with Crippen LogP contribution >= 0.6 is 0 Å². The Kier molecular flexibility index (Phi) is 7.97. The lowest BCUT2D eigenvalue weighted by atomic mass is 10.1. The van der Waals surface area contributed by atoms with Crippen LogP contribution in [0.2, 0.25) is 0 Å². The van der Waals surface area contributed by atoms with Crippen LogP contribution in [-0.2, 0) is 6.54 Å². The molecule has 2 aromatic rings. The Balaban J connectivity index is 1.53. The second-order valence-electron chi connectivity index (χ2n) is 7.74. The second kappa shape index (κ2) is 10.9. The molecular formula is C24H34N4O2. The molecule has 30 heavy (non-hydrogen) atoms. The molecule has 1 fully saturated rings. The van der Waals surface area contributed by atoms with E-state index in [0.717, 1.165) is 42.8 Å². The largest absolute Gasteiger partial charge is 0.493 e. The number of anilines is 1. The zero-order valence-corrected chi connectivity index (χ0v) is 18.5. The number of ether oxygens (including phenoxy) is 2. The van der Waals surface area contributed by atoms with Crippen LogP contribution < -0.4 is 20.1 Å². The molecule has 6 nitrogen and oxygen atoms in total. The molecule has 0 amide bonds. The summed E-state index contributed by atoms with van der Waals surface area (Å²) in [6, 6.07) is 17.1. The van der Waals surface area contributed by atoms with Gasteiger partial charge in [0, 0.05) is 44.5 Å². The number of aliphatic imine (C=N–C) groups is 1. The fraction of sp³-hybridized carbons (Fsp3) is 0.458. The second-order valence-corrected chi connectivity index (χ2v) is 7.74. The van der Waals surface area contributed by atoms with Crippen LogP contribution in [0.5, 0.6) is 11.5 Å². The van der Waals surface area contributed by atoms with E-state index in [1.807, 2.05) is 25.1 Å². The van der Waals surface area contributed by atoms with E-state index in [-0.39, 0.29) is 0 Å². The first kappa shape index (κ1) is 22.0. The van der Waals surface area contributed by atoms with Crippen LogP contribution in [0.4, 0.5) is 5.69 Å². The third-order valence-electron chi connectivity index (χ3n) is 5.53. The molecule has 1 aliphatic rings. The maximum Gasteiger partial charge on any atom is 0.195 e. The summed E-state index contributed by atoms with van der Waals surface area (Å²) in [7, 11) is 3.44. The van der Waals surface area contributed by atoms with E-state index >= 15 is 0 Å². The Morgan fingerprint density at radius 3 is 2.67 bits per heavy atom. The summed E-state index contributed by atoms with van der Waals surface area (Å²) in [4.78, 5) is 6.94. The number of likely N-dealkylation sites (tertiary alicyclic amines) is 1. The molecule has 2 atom stereocenters. The Labute approximate surface area is 180 Å². The van der Waals surface area contributed by atoms with E-state index in [1.165, 1.54) is 12.0 Å². The van der Waals surface area contributed by atoms with Crippen LogP contribution in [0.3, 0.4) is 0 Å². The predicted octanol–water partition coefficient (Wildman–Crippen LogP) is 3.99. The van der Waals surface area contributed by atoms with Gasteiger partial charge < -0.3 is 20.1 Å². The lowest BCUT2D eigenvalue weighted by Crippen LogP contribution is -2.35. The molecule has 3 rings (SSSR count). The summed E-state index contributed by atoms with van der Waals surface area (Å²) in [5, 5.41) is 6.84. The number of rotatable bonds is 8. The van der Waals surface area contributed by atoms with Crippen LogP contribution in [-0.4, -0.2) is 50.8 Å². The molecule has 0 radical (unpaired) electrons. The molecule has 0 aliphatic carbocycles. The molecule has 6 heteroatoms. The summed E-state index contributed by atoms with van der Waals surface area (Å²) < 4.78 is 11.0.